The van der Waals surface area contributed by atoms with Gasteiger partial charge in [0.15, 0.2) is 0 Å². The van der Waals surface area contributed by atoms with Gasteiger partial charge in [-0.2, -0.15) is 0 Å². The third-order valence-corrected chi connectivity index (χ3v) is 15.2. The highest BCUT2D eigenvalue weighted by Gasteiger charge is 2.52. The average molecular weight is 831 g/mol. The Labute approximate surface area is 375 Å². The van der Waals surface area contributed by atoms with Crippen LogP contribution in [0.1, 0.15) is 22.3 Å². The summed E-state index contributed by atoms with van der Waals surface area (Å²) in [6.07, 6.45) is 0. The van der Waals surface area contributed by atoms with Crippen LogP contribution >= 0.6 is 11.3 Å². The number of benzene rings is 10. The second kappa shape index (κ2) is 13.5. The fraction of sp³-hybridized carbons (Fsp3) is 0.0164. The van der Waals surface area contributed by atoms with Crippen LogP contribution in [0.25, 0.3) is 81.0 Å². The molecular formula is C61H38N2S. The summed E-state index contributed by atoms with van der Waals surface area (Å²) in [5, 5.41) is 5.07. The zero-order chi connectivity index (χ0) is 41.9. The molecule has 0 saturated carbocycles. The lowest BCUT2D eigenvalue weighted by Gasteiger charge is -2.32. The van der Waals surface area contributed by atoms with Gasteiger partial charge in [0.2, 0.25) is 0 Å². The van der Waals surface area contributed by atoms with E-state index < -0.39 is 5.41 Å². The van der Waals surface area contributed by atoms with Crippen LogP contribution < -0.4 is 4.90 Å². The first kappa shape index (κ1) is 35.6. The van der Waals surface area contributed by atoms with E-state index in [-0.39, 0.29) is 0 Å². The van der Waals surface area contributed by atoms with Crippen molar-refractivity contribution in [3.63, 3.8) is 0 Å². The second-order valence-corrected chi connectivity index (χ2v) is 18.2. The van der Waals surface area contributed by atoms with Crippen LogP contribution in [-0.4, -0.2) is 4.57 Å². The van der Waals surface area contributed by atoms with Gasteiger partial charge in [0, 0.05) is 53.4 Å². The number of fused-ring (bicyclic) bond motifs is 16. The summed E-state index contributed by atoms with van der Waals surface area (Å²) < 4.78 is 5.05. The molecule has 0 fully saturated rings. The van der Waals surface area contributed by atoms with Crippen molar-refractivity contribution in [3.8, 4) is 39.1 Å². The maximum Gasteiger partial charge on any atom is 0.0726 e. The van der Waals surface area contributed by atoms with E-state index in [1.807, 2.05) is 11.3 Å². The number of para-hydroxylation sites is 3. The Morgan fingerprint density at radius 3 is 1.73 bits per heavy atom. The van der Waals surface area contributed by atoms with E-state index >= 15 is 0 Å². The predicted octanol–water partition coefficient (Wildman–Crippen LogP) is 16.6. The highest BCUT2D eigenvalue weighted by Crippen LogP contribution is 2.65. The van der Waals surface area contributed by atoms with E-state index in [2.05, 4.69) is 240 Å². The number of hydrogen-bond acceptors (Lipinski definition) is 2. The number of rotatable bonds is 5. The Kier molecular flexibility index (Phi) is 7.51. The van der Waals surface area contributed by atoms with Gasteiger partial charge in [-0.25, -0.2) is 0 Å². The highest BCUT2D eigenvalue weighted by atomic mass is 32.1. The molecule has 0 unspecified atom stereocenters. The monoisotopic (exact) mass is 830 g/mol. The molecule has 10 aromatic carbocycles. The molecular weight excluding hydrogens is 793 g/mol. The summed E-state index contributed by atoms with van der Waals surface area (Å²) in [5.74, 6) is 0. The smallest absolute Gasteiger partial charge is 0.0726 e. The van der Waals surface area contributed by atoms with E-state index in [0.29, 0.717) is 0 Å². The molecule has 0 saturated heterocycles. The molecule has 12 aromatic rings. The van der Waals surface area contributed by atoms with Crippen molar-refractivity contribution in [3.05, 3.63) is 253 Å². The van der Waals surface area contributed by atoms with Gasteiger partial charge in [-0.15, -0.1) is 11.3 Å². The maximum absolute atomic E-state index is 2.55. The minimum Gasteiger partial charge on any atom is -0.309 e. The molecule has 0 atom stereocenters. The van der Waals surface area contributed by atoms with E-state index in [1.165, 1.54) is 97.6 Å². The summed E-state index contributed by atoms with van der Waals surface area (Å²) in [4.78, 5) is 2.55. The molecule has 1 spiro atoms. The molecule has 14 rings (SSSR count). The molecule has 0 radical (unpaired) electrons. The van der Waals surface area contributed by atoms with Crippen LogP contribution in [0.4, 0.5) is 17.1 Å². The van der Waals surface area contributed by atoms with Crippen LogP contribution in [-0.2, 0) is 5.41 Å². The average Bonchev–Trinajstić information content (AvgIpc) is 4.08. The number of nitrogens with zero attached hydrogens (tertiary/aromatic N) is 2. The fourth-order valence-electron chi connectivity index (χ4n) is 11.5. The number of thiophene rings is 1. The minimum atomic E-state index is -0.463. The van der Waals surface area contributed by atoms with Gasteiger partial charge < -0.3 is 9.47 Å². The molecule has 2 aliphatic rings. The zero-order valence-electron chi connectivity index (χ0n) is 34.7. The predicted molar refractivity (Wildman–Crippen MR) is 270 cm³/mol. The summed E-state index contributed by atoms with van der Waals surface area (Å²) >= 11 is 1.87. The van der Waals surface area contributed by atoms with Crippen molar-refractivity contribution in [1.29, 1.82) is 0 Å². The lowest BCUT2D eigenvalue weighted by molar-refractivity contribution is 0.794. The van der Waals surface area contributed by atoms with Gasteiger partial charge in [0.05, 0.1) is 27.8 Å². The van der Waals surface area contributed by atoms with Gasteiger partial charge in [-0.3, -0.25) is 0 Å². The highest BCUT2D eigenvalue weighted by molar-refractivity contribution is 7.25. The Bertz CT molecular complexity index is 3820. The molecule has 64 heavy (non-hydrogen) atoms. The van der Waals surface area contributed by atoms with Crippen molar-refractivity contribution < 1.29 is 0 Å². The molecule has 0 N–H and O–H groups in total. The summed E-state index contributed by atoms with van der Waals surface area (Å²) in [6, 6.07) is 85.9. The van der Waals surface area contributed by atoms with E-state index in [4.69, 9.17) is 0 Å². The van der Waals surface area contributed by atoms with E-state index in [1.54, 1.807) is 0 Å². The Balaban J connectivity index is 1.09. The summed E-state index contributed by atoms with van der Waals surface area (Å²) in [6.45, 7) is 0. The second-order valence-electron chi connectivity index (χ2n) is 17.1. The Hall–Kier alpha value is -7.98. The molecule has 2 aromatic heterocycles. The van der Waals surface area contributed by atoms with E-state index in [0.717, 1.165) is 22.7 Å². The number of hydrogen-bond donors (Lipinski definition) is 0. The SMILES string of the molecule is c1ccc(-n2c3ccccc3c3ccc(N(c4ccccc4-c4ccc5sc6ccccc6c5c4)c4cccc5c4-c4ccccc4C54c5ccccc5-c5ccccc54)cc32)cc1. The molecule has 298 valence electrons. The molecule has 3 heteroatoms. The van der Waals surface area contributed by atoms with Gasteiger partial charge in [0.25, 0.3) is 0 Å². The van der Waals surface area contributed by atoms with Gasteiger partial charge in [-0.1, -0.05) is 170 Å². The van der Waals surface area contributed by atoms with Crippen LogP contribution in [0.3, 0.4) is 0 Å². The summed E-state index contributed by atoms with van der Waals surface area (Å²) in [7, 11) is 0. The lowest BCUT2D eigenvalue weighted by Crippen LogP contribution is -2.26. The molecule has 0 amide bonds. The largest absolute Gasteiger partial charge is 0.309 e. The topological polar surface area (TPSA) is 8.17 Å². The summed E-state index contributed by atoms with van der Waals surface area (Å²) in [5.41, 5.74) is 19.3. The Morgan fingerprint density at radius 2 is 0.938 bits per heavy atom. The fourth-order valence-corrected chi connectivity index (χ4v) is 12.6. The van der Waals surface area contributed by atoms with Gasteiger partial charge in [-0.05, 0) is 105 Å². The van der Waals surface area contributed by atoms with Crippen LogP contribution in [0.15, 0.2) is 231 Å². The molecule has 2 heterocycles. The van der Waals surface area contributed by atoms with Gasteiger partial charge >= 0.3 is 0 Å². The standard InChI is InChI=1S/C61H38N2S/c1-2-17-40(18-3-1)62-55-30-14-8-22-45(55)46-35-34-41(38-57(46)62)63(54-29-13-7-19-42(54)39-33-36-59-49(37-39)47-23-9-15-32-58(47)64-59)56-31-16-28-53-60(56)48-24-6-12-27-52(48)61(53)50-25-10-4-20-43(50)44-21-5-11-26-51(44)61/h1-38H. The van der Waals surface area contributed by atoms with Crippen molar-refractivity contribution in [2.24, 2.45) is 0 Å². The van der Waals surface area contributed by atoms with Crippen molar-refractivity contribution in [2.45, 2.75) is 5.41 Å². The van der Waals surface area contributed by atoms with Crippen molar-refractivity contribution >= 4 is 70.4 Å². The molecule has 0 aliphatic heterocycles. The first-order valence-electron chi connectivity index (χ1n) is 22.1. The minimum absolute atomic E-state index is 0.463. The maximum atomic E-state index is 2.55. The van der Waals surface area contributed by atoms with Crippen LogP contribution in [0.2, 0.25) is 0 Å². The Morgan fingerprint density at radius 1 is 0.359 bits per heavy atom. The number of anilines is 3. The van der Waals surface area contributed by atoms with Gasteiger partial charge in [0.1, 0.15) is 0 Å². The number of aromatic nitrogens is 1. The van der Waals surface area contributed by atoms with Crippen molar-refractivity contribution in [1.82, 2.24) is 4.57 Å². The third kappa shape index (κ3) is 4.79. The van der Waals surface area contributed by atoms with E-state index in [9.17, 15) is 0 Å². The van der Waals surface area contributed by atoms with Crippen LogP contribution in [0.5, 0.6) is 0 Å². The zero-order valence-corrected chi connectivity index (χ0v) is 35.6. The quantitative estimate of drug-likeness (QED) is 0.168. The molecule has 2 nitrogen and oxygen atoms in total. The first-order valence-corrected chi connectivity index (χ1v) is 22.9. The normalized spacial score (nSPS) is 13.1. The third-order valence-electron chi connectivity index (χ3n) is 14.0. The lowest BCUT2D eigenvalue weighted by atomic mass is 9.70. The molecule has 2 aliphatic carbocycles. The van der Waals surface area contributed by atoms with Crippen molar-refractivity contribution in [2.75, 3.05) is 4.90 Å². The van der Waals surface area contributed by atoms with Crippen LogP contribution in [0, 0.1) is 0 Å². The first-order chi connectivity index (χ1) is 31.8. The molecule has 0 bridgehead atoms.